The van der Waals surface area contributed by atoms with Crippen LogP contribution in [0.15, 0.2) is 85.7 Å². The molecule has 0 spiro atoms. The maximum atomic E-state index is 12.5. The van der Waals surface area contributed by atoms with Crippen molar-refractivity contribution in [1.82, 2.24) is 20.3 Å². The van der Waals surface area contributed by atoms with E-state index in [1.54, 1.807) is 31.0 Å². The standard InChI is InChI=1S/C26H24N6O.K/c1-18-12-23(16-28-15-18)26(33)32-24-5-3-4-21(13-24)19(2)29-10-11-30-25-14-22(17-31-25)20-6-8-27-9-7-20;/h3-9,11-17,19,29H,1-2H3,(H,30,31)(H,32,33);/q-2;+1. The van der Waals surface area contributed by atoms with Crippen molar-refractivity contribution in [3.8, 4) is 11.1 Å². The molecule has 0 aliphatic rings. The van der Waals surface area contributed by atoms with Gasteiger partial charge < -0.3 is 27.1 Å². The Morgan fingerprint density at radius 1 is 1.09 bits per heavy atom. The van der Waals surface area contributed by atoms with E-state index in [9.17, 15) is 4.79 Å². The number of carbonyl (C=O) groups is 1. The zero-order valence-corrected chi connectivity index (χ0v) is 22.5. The molecule has 1 aromatic carbocycles. The molecule has 1 unspecified atom stereocenters. The summed E-state index contributed by atoms with van der Waals surface area (Å²) >= 11 is 0. The molecular formula is C26H24KN6O-. The van der Waals surface area contributed by atoms with Crippen molar-refractivity contribution in [2.75, 3.05) is 10.6 Å². The van der Waals surface area contributed by atoms with Gasteiger partial charge in [-0.2, -0.15) is 11.8 Å². The van der Waals surface area contributed by atoms with E-state index in [1.165, 1.54) is 0 Å². The van der Waals surface area contributed by atoms with Crippen molar-refractivity contribution >= 4 is 17.4 Å². The van der Waals surface area contributed by atoms with E-state index in [-0.39, 0.29) is 63.3 Å². The summed E-state index contributed by atoms with van der Waals surface area (Å²) in [6.07, 6.45) is 13.3. The van der Waals surface area contributed by atoms with Crippen LogP contribution in [0.25, 0.3) is 11.1 Å². The van der Waals surface area contributed by atoms with Crippen LogP contribution in [0.4, 0.5) is 11.5 Å². The van der Waals surface area contributed by atoms with Gasteiger partial charge in [0.2, 0.25) is 0 Å². The van der Waals surface area contributed by atoms with E-state index in [0.29, 0.717) is 5.56 Å². The Bertz CT molecular complexity index is 1250. The molecule has 0 saturated carbocycles. The molecule has 1 amide bonds. The van der Waals surface area contributed by atoms with Crippen molar-refractivity contribution in [2.24, 2.45) is 0 Å². The van der Waals surface area contributed by atoms with Crippen LogP contribution in [-0.4, -0.2) is 20.9 Å². The summed E-state index contributed by atoms with van der Waals surface area (Å²) in [5.41, 5.74) is 5.30. The third-order valence-corrected chi connectivity index (χ3v) is 5.02. The second kappa shape index (κ2) is 12.6. The number of aromatic nitrogens is 3. The van der Waals surface area contributed by atoms with Crippen LogP contribution < -0.4 is 67.3 Å². The Labute approximate surface area is 241 Å². The Morgan fingerprint density at radius 2 is 1.91 bits per heavy atom. The van der Waals surface area contributed by atoms with Gasteiger partial charge in [-0.05, 0) is 43.2 Å². The summed E-state index contributed by atoms with van der Waals surface area (Å²) in [5.74, 6) is 0.548. The predicted octanol–water partition coefficient (Wildman–Crippen LogP) is 1.86. The Hall–Kier alpha value is -2.75. The number of carbonyl (C=O) groups excluding carboxylic acids is 1. The van der Waals surface area contributed by atoms with Gasteiger partial charge in [0.1, 0.15) is 0 Å². The number of benzene rings is 1. The second-order valence-electron chi connectivity index (χ2n) is 7.61. The van der Waals surface area contributed by atoms with Crippen molar-refractivity contribution in [2.45, 2.75) is 19.9 Å². The monoisotopic (exact) mass is 475 g/mol. The fourth-order valence-electron chi connectivity index (χ4n) is 3.27. The number of aryl methyl sites for hydroxylation is 1. The van der Waals surface area contributed by atoms with Gasteiger partial charge in [-0.15, -0.1) is 11.6 Å². The van der Waals surface area contributed by atoms with Gasteiger partial charge in [-0.25, -0.2) is 0 Å². The first-order valence-corrected chi connectivity index (χ1v) is 10.5. The third kappa shape index (κ3) is 7.12. The van der Waals surface area contributed by atoms with E-state index in [4.69, 9.17) is 0 Å². The quantitative estimate of drug-likeness (QED) is 0.205. The molecule has 0 saturated heterocycles. The van der Waals surface area contributed by atoms with Crippen LogP contribution >= 0.6 is 0 Å². The Balaban J connectivity index is 0.00000324. The van der Waals surface area contributed by atoms with Crippen LogP contribution in [0.5, 0.6) is 0 Å². The molecular weight excluding hydrogens is 451 g/mol. The number of nitrogens with one attached hydrogen (secondary N) is 3. The largest absolute Gasteiger partial charge is 1.00 e. The molecule has 0 radical (unpaired) electrons. The van der Waals surface area contributed by atoms with Gasteiger partial charge in [0.25, 0.3) is 5.91 Å². The molecule has 0 bridgehead atoms. The van der Waals surface area contributed by atoms with E-state index in [0.717, 1.165) is 33.8 Å². The molecule has 34 heavy (non-hydrogen) atoms. The maximum absolute atomic E-state index is 12.5. The molecule has 0 aliphatic heterocycles. The molecule has 7 nitrogen and oxygen atoms in total. The third-order valence-electron chi connectivity index (χ3n) is 5.02. The molecule has 0 aliphatic carbocycles. The van der Waals surface area contributed by atoms with Crippen LogP contribution in [0.2, 0.25) is 0 Å². The van der Waals surface area contributed by atoms with Crippen LogP contribution in [0, 0.1) is 13.1 Å². The van der Waals surface area contributed by atoms with E-state index < -0.39 is 0 Å². The molecule has 4 rings (SSSR count). The summed E-state index contributed by atoms with van der Waals surface area (Å²) in [5, 5.41) is 9.24. The summed E-state index contributed by atoms with van der Waals surface area (Å²) in [4.78, 5) is 25.0. The molecule has 8 heteroatoms. The number of pyridine rings is 2. The van der Waals surface area contributed by atoms with Gasteiger partial charge in [-0.3, -0.25) is 14.8 Å². The fourth-order valence-corrected chi connectivity index (χ4v) is 3.27. The first-order valence-electron chi connectivity index (χ1n) is 10.5. The number of hydrogen-bond donors (Lipinski definition) is 3. The van der Waals surface area contributed by atoms with Gasteiger partial charge in [-0.1, -0.05) is 30.5 Å². The molecule has 3 heterocycles. The van der Waals surface area contributed by atoms with Crippen molar-refractivity contribution in [3.63, 3.8) is 0 Å². The fraction of sp³-hybridized carbons (Fsp3) is 0.115. The van der Waals surface area contributed by atoms with Crippen LogP contribution in [0.1, 0.15) is 34.5 Å². The molecule has 4 aromatic rings. The minimum absolute atomic E-state index is 0. The van der Waals surface area contributed by atoms with E-state index in [1.807, 2.05) is 68.6 Å². The minimum atomic E-state index is -0.187. The average Bonchev–Trinajstić information content (AvgIpc) is 3.31. The van der Waals surface area contributed by atoms with Crippen molar-refractivity contribution in [3.05, 3.63) is 109 Å². The first-order chi connectivity index (χ1) is 16.1. The van der Waals surface area contributed by atoms with Crippen LogP contribution in [0.3, 0.4) is 0 Å². The normalized spacial score (nSPS) is 11.5. The number of hydrogen-bond acceptors (Lipinski definition) is 6. The second-order valence-corrected chi connectivity index (χ2v) is 7.61. The smallest absolute Gasteiger partial charge is 0.560 e. The summed E-state index contributed by atoms with van der Waals surface area (Å²) in [6.45, 7) is 3.93. The summed E-state index contributed by atoms with van der Waals surface area (Å²) in [7, 11) is 0. The van der Waals surface area contributed by atoms with Crippen LogP contribution in [-0.2, 0) is 0 Å². The number of nitrogens with zero attached hydrogens (tertiary/aromatic N) is 3. The topological polar surface area (TPSA) is 91.8 Å². The molecule has 1 atom stereocenters. The maximum Gasteiger partial charge on any atom is 1.00 e. The predicted molar refractivity (Wildman–Crippen MR) is 129 cm³/mol. The molecule has 166 valence electrons. The molecule has 3 N–H and O–H groups in total. The summed E-state index contributed by atoms with van der Waals surface area (Å²) < 4.78 is 0. The van der Waals surface area contributed by atoms with Crippen molar-refractivity contribution < 1.29 is 56.2 Å². The molecule has 3 aromatic heterocycles. The zero-order valence-electron chi connectivity index (χ0n) is 19.4. The van der Waals surface area contributed by atoms with Gasteiger partial charge in [0, 0.05) is 36.5 Å². The summed E-state index contributed by atoms with van der Waals surface area (Å²) in [6, 6.07) is 15.4. The number of anilines is 2. The first kappa shape index (κ1) is 25.9. The Morgan fingerprint density at radius 3 is 2.71 bits per heavy atom. The number of rotatable bonds is 8. The SMILES string of the molecule is Cc1cncc(C(=O)Nc2cccc(C(C)N[C-]=CNc3[cH-]c(-c4ccncc4)cn3)c2)c1.[K+]. The zero-order chi connectivity index (χ0) is 23.0. The Kier molecular flexibility index (Phi) is 9.61. The average molecular weight is 476 g/mol. The van der Waals surface area contributed by atoms with E-state index in [2.05, 4.69) is 37.1 Å². The van der Waals surface area contributed by atoms with E-state index >= 15 is 0 Å². The van der Waals surface area contributed by atoms with Gasteiger partial charge >= 0.3 is 51.4 Å². The van der Waals surface area contributed by atoms with Gasteiger partial charge in [0.05, 0.1) is 11.4 Å². The molecule has 0 fully saturated rings. The number of amides is 1. The minimum Gasteiger partial charge on any atom is -0.560 e. The van der Waals surface area contributed by atoms with Crippen molar-refractivity contribution in [1.29, 1.82) is 0 Å². The van der Waals surface area contributed by atoms with Gasteiger partial charge in [0.15, 0.2) is 0 Å².